The average Bonchev–Trinajstić information content (AvgIpc) is 3.27. The summed E-state index contributed by atoms with van der Waals surface area (Å²) in [5, 5.41) is 7.80. The van der Waals surface area contributed by atoms with Crippen LogP contribution in [-0.4, -0.2) is 39.1 Å². The fraction of sp³-hybridized carbons (Fsp3) is 0.414. The molecule has 0 aliphatic rings. The molecule has 0 fully saturated rings. The SMILES string of the molecule is CCCCC(CC)C(=O)N(CC(=O)Nc1cc(-c2ccccc2)nn1-c1ccc(C)cc1)C(C)C. The molecule has 2 aromatic carbocycles. The third-order valence-electron chi connectivity index (χ3n) is 6.29. The predicted octanol–water partition coefficient (Wildman–Crippen LogP) is 6.24. The maximum atomic E-state index is 13.2. The van der Waals surface area contributed by atoms with Crippen LogP contribution < -0.4 is 5.32 Å². The van der Waals surface area contributed by atoms with Gasteiger partial charge >= 0.3 is 0 Å². The van der Waals surface area contributed by atoms with Crippen LogP contribution >= 0.6 is 0 Å². The van der Waals surface area contributed by atoms with Crippen molar-refractivity contribution in [3.8, 4) is 16.9 Å². The molecule has 35 heavy (non-hydrogen) atoms. The molecular weight excluding hydrogens is 436 g/mol. The minimum Gasteiger partial charge on any atom is -0.331 e. The standard InChI is InChI=1S/C29H38N4O2/c1-6-8-12-23(7-2)29(35)32(21(3)4)20-28(34)30-27-19-26(24-13-10-9-11-14-24)31-33(27)25-17-15-22(5)16-18-25/h9-11,13-19,21,23H,6-8,12,20H2,1-5H3,(H,30,34). The first-order valence-corrected chi connectivity index (χ1v) is 12.7. The Morgan fingerprint density at radius 2 is 1.71 bits per heavy atom. The maximum Gasteiger partial charge on any atom is 0.245 e. The number of aromatic nitrogens is 2. The molecule has 0 saturated heterocycles. The van der Waals surface area contributed by atoms with Crippen molar-refractivity contribution in [3.63, 3.8) is 0 Å². The largest absolute Gasteiger partial charge is 0.331 e. The van der Waals surface area contributed by atoms with E-state index in [9.17, 15) is 9.59 Å². The van der Waals surface area contributed by atoms with Crippen molar-refractivity contribution in [1.82, 2.24) is 14.7 Å². The Labute approximate surface area is 209 Å². The molecule has 6 nitrogen and oxygen atoms in total. The number of aryl methyl sites for hydroxylation is 1. The van der Waals surface area contributed by atoms with Gasteiger partial charge in [-0.15, -0.1) is 0 Å². The van der Waals surface area contributed by atoms with Gasteiger partial charge in [0.2, 0.25) is 11.8 Å². The molecule has 1 aromatic heterocycles. The number of benzene rings is 2. The number of nitrogens with zero attached hydrogens (tertiary/aromatic N) is 3. The van der Waals surface area contributed by atoms with E-state index < -0.39 is 0 Å². The van der Waals surface area contributed by atoms with Crippen LogP contribution in [0.2, 0.25) is 0 Å². The van der Waals surface area contributed by atoms with Gasteiger partial charge in [0, 0.05) is 23.6 Å². The van der Waals surface area contributed by atoms with E-state index in [-0.39, 0.29) is 30.3 Å². The van der Waals surface area contributed by atoms with Crippen LogP contribution in [0.25, 0.3) is 16.9 Å². The van der Waals surface area contributed by atoms with Crippen molar-refractivity contribution in [2.24, 2.45) is 5.92 Å². The zero-order chi connectivity index (χ0) is 25.4. The Morgan fingerprint density at radius 1 is 1.03 bits per heavy atom. The van der Waals surface area contributed by atoms with Crippen molar-refractivity contribution >= 4 is 17.6 Å². The van der Waals surface area contributed by atoms with Crippen LogP contribution in [0.4, 0.5) is 5.82 Å². The van der Waals surface area contributed by atoms with Crippen LogP contribution in [0.3, 0.4) is 0 Å². The lowest BCUT2D eigenvalue weighted by Gasteiger charge is -2.30. The summed E-state index contributed by atoms with van der Waals surface area (Å²) in [6.07, 6.45) is 3.71. The van der Waals surface area contributed by atoms with Gasteiger partial charge in [-0.1, -0.05) is 74.7 Å². The second-order valence-electron chi connectivity index (χ2n) is 9.38. The van der Waals surface area contributed by atoms with Gasteiger partial charge in [0.05, 0.1) is 11.4 Å². The lowest BCUT2D eigenvalue weighted by Crippen LogP contribution is -2.45. The molecule has 0 radical (unpaired) electrons. The number of carbonyl (C=O) groups is 2. The molecule has 0 spiro atoms. The number of unbranched alkanes of at least 4 members (excludes halogenated alkanes) is 1. The van der Waals surface area contributed by atoms with Crippen LogP contribution in [0.1, 0.15) is 58.9 Å². The number of nitrogens with one attached hydrogen (secondary N) is 1. The Kier molecular flexibility index (Phi) is 9.24. The highest BCUT2D eigenvalue weighted by Gasteiger charge is 2.27. The van der Waals surface area contributed by atoms with Gasteiger partial charge in [-0.2, -0.15) is 5.10 Å². The third-order valence-corrected chi connectivity index (χ3v) is 6.29. The van der Waals surface area contributed by atoms with E-state index in [1.165, 1.54) is 0 Å². The van der Waals surface area contributed by atoms with E-state index in [1.54, 1.807) is 9.58 Å². The topological polar surface area (TPSA) is 67.2 Å². The quantitative estimate of drug-likeness (QED) is 0.358. The molecule has 2 amide bonds. The second kappa shape index (κ2) is 12.3. The highest BCUT2D eigenvalue weighted by atomic mass is 16.2. The number of rotatable bonds is 11. The Balaban J connectivity index is 1.85. The molecule has 0 aliphatic carbocycles. The van der Waals surface area contributed by atoms with Gasteiger partial charge in [-0.25, -0.2) is 4.68 Å². The van der Waals surface area contributed by atoms with Crippen molar-refractivity contribution in [3.05, 3.63) is 66.2 Å². The van der Waals surface area contributed by atoms with Crippen LogP contribution in [-0.2, 0) is 9.59 Å². The Hall–Kier alpha value is -3.41. The van der Waals surface area contributed by atoms with Crippen molar-refractivity contribution in [2.75, 3.05) is 11.9 Å². The predicted molar refractivity (Wildman–Crippen MR) is 143 cm³/mol. The first-order chi connectivity index (χ1) is 16.8. The molecule has 0 bridgehead atoms. The number of hydrogen-bond donors (Lipinski definition) is 1. The van der Waals surface area contributed by atoms with E-state index in [2.05, 4.69) is 12.2 Å². The minimum atomic E-state index is -0.231. The summed E-state index contributed by atoms with van der Waals surface area (Å²) >= 11 is 0. The van der Waals surface area contributed by atoms with Gasteiger partial charge in [0.15, 0.2) is 0 Å². The molecule has 0 saturated carbocycles. The minimum absolute atomic E-state index is 0.0128. The van der Waals surface area contributed by atoms with Crippen LogP contribution in [0.15, 0.2) is 60.7 Å². The first kappa shape index (κ1) is 26.2. The second-order valence-corrected chi connectivity index (χ2v) is 9.38. The summed E-state index contributed by atoms with van der Waals surface area (Å²) in [4.78, 5) is 28.1. The Bertz CT molecular complexity index is 1100. The molecule has 1 atom stereocenters. The van der Waals surface area contributed by atoms with Crippen molar-refractivity contribution in [1.29, 1.82) is 0 Å². The highest BCUT2D eigenvalue weighted by Crippen LogP contribution is 2.25. The summed E-state index contributed by atoms with van der Waals surface area (Å²) < 4.78 is 1.75. The first-order valence-electron chi connectivity index (χ1n) is 12.7. The van der Waals surface area contributed by atoms with E-state index in [0.717, 1.165) is 48.2 Å². The normalized spacial score (nSPS) is 11.9. The molecule has 1 heterocycles. The third kappa shape index (κ3) is 6.81. The van der Waals surface area contributed by atoms with Crippen molar-refractivity contribution in [2.45, 2.75) is 66.3 Å². The zero-order valence-electron chi connectivity index (χ0n) is 21.6. The lowest BCUT2D eigenvalue weighted by molar-refractivity contribution is -0.140. The monoisotopic (exact) mass is 474 g/mol. The number of carbonyl (C=O) groups excluding carboxylic acids is 2. The van der Waals surface area contributed by atoms with Crippen LogP contribution in [0.5, 0.6) is 0 Å². The van der Waals surface area contributed by atoms with Gasteiger partial charge in [0.1, 0.15) is 12.4 Å². The molecule has 0 aliphatic heterocycles. The zero-order valence-corrected chi connectivity index (χ0v) is 21.6. The van der Waals surface area contributed by atoms with Gasteiger partial charge in [-0.3, -0.25) is 9.59 Å². The van der Waals surface area contributed by atoms with Gasteiger partial charge in [0.25, 0.3) is 0 Å². The molecular formula is C29H38N4O2. The van der Waals surface area contributed by atoms with Gasteiger partial charge in [-0.05, 0) is 45.7 Å². The van der Waals surface area contributed by atoms with Crippen molar-refractivity contribution < 1.29 is 9.59 Å². The van der Waals surface area contributed by atoms with Crippen LogP contribution in [0, 0.1) is 12.8 Å². The van der Waals surface area contributed by atoms with E-state index >= 15 is 0 Å². The Morgan fingerprint density at radius 3 is 2.31 bits per heavy atom. The summed E-state index contributed by atoms with van der Waals surface area (Å²) in [6, 6.07) is 19.7. The van der Waals surface area contributed by atoms with Gasteiger partial charge < -0.3 is 10.2 Å². The molecule has 3 rings (SSSR count). The molecule has 6 heteroatoms. The molecule has 1 unspecified atom stereocenters. The summed E-state index contributed by atoms with van der Waals surface area (Å²) in [7, 11) is 0. The van der Waals surface area contributed by atoms with E-state index in [1.807, 2.05) is 88.4 Å². The number of amides is 2. The smallest absolute Gasteiger partial charge is 0.245 e. The summed E-state index contributed by atoms with van der Waals surface area (Å²) in [6.45, 7) is 10.1. The molecule has 3 aromatic rings. The maximum absolute atomic E-state index is 13.2. The average molecular weight is 475 g/mol. The molecule has 186 valence electrons. The fourth-order valence-electron chi connectivity index (χ4n) is 4.14. The fourth-order valence-corrected chi connectivity index (χ4v) is 4.14. The summed E-state index contributed by atoms with van der Waals surface area (Å²) in [5.41, 5.74) is 3.74. The summed E-state index contributed by atoms with van der Waals surface area (Å²) in [5.74, 6) is 0.355. The number of anilines is 1. The highest BCUT2D eigenvalue weighted by molar-refractivity contribution is 5.95. The molecule has 1 N–H and O–H groups in total. The van der Waals surface area contributed by atoms with E-state index in [4.69, 9.17) is 5.10 Å². The lowest BCUT2D eigenvalue weighted by atomic mass is 9.97. The number of hydrogen-bond acceptors (Lipinski definition) is 3. The van der Waals surface area contributed by atoms with E-state index in [0.29, 0.717) is 5.82 Å².